The zero-order valence-corrected chi connectivity index (χ0v) is 9.93. The molecule has 1 aromatic rings. The van der Waals surface area contributed by atoms with Crippen molar-refractivity contribution < 1.29 is 4.42 Å². The molecule has 15 heavy (non-hydrogen) atoms. The van der Waals surface area contributed by atoms with Gasteiger partial charge in [-0.25, -0.2) is 0 Å². The Kier molecular flexibility index (Phi) is 3.05. The summed E-state index contributed by atoms with van der Waals surface area (Å²) in [6.45, 7) is 5.17. The summed E-state index contributed by atoms with van der Waals surface area (Å²) < 4.78 is 5.24. The van der Waals surface area contributed by atoms with Crippen LogP contribution in [0.3, 0.4) is 0 Å². The van der Waals surface area contributed by atoms with Crippen LogP contribution in [0.1, 0.15) is 19.6 Å². The van der Waals surface area contributed by atoms with Crippen LogP contribution >= 0.6 is 11.8 Å². The van der Waals surface area contributed by atoms with Crippen molar-refractivity contribution in [2.24, 2.45) is 4.99 Å². The molecule has 4 heteroatoms. The van der Waals surface area contributed by atoms with E-state index in [0.717, 1.165) is 29.6 Å². The van der Waals surface area contributed by atoms with Gasteiger partial charge in [-0.15, -0.1) is 0 Å². The number of thioether (sulfide) groups is 1. The summed E-state index contributed by atoms with van der Waals surface area (Å²) >= 11 is 1.79. The Labute approximate surface area is 94.3 Å². The molecule has 1 aliphatic rings. The van der Waals surface area contributed by atoms with Gasteiger partial charge >= 0.3 is 0 Å². The predicted molar refractivity (Wildman–Crippen MR) is 64.4 cm³/mol. The largest absolute Gasteiger partial charge is 0.469 e. The topological polar surface area (TPSA) is 37.5 Å². The van der Waals surface area contributed by atoms with Crippen molar-refractivity contribution in [3.63, 3.8) is 0 Å². The van der Waals surface area contributed by atoms with Crippen LogP contribution in [0.15, 0.2) is 27.8 Å². The van der Waals surface area contributed by atoms with Gasteiger partial charge in [-0.05, 0) is 26.0 Å². The van der Waals surface area contributed by atoms with Crippen molar-refractivity contribution >= 4 is 16.9 Å². The number of furan rings is 1. The van der Waals surface area contributed by atoms with Gasteiger partial charge in [0.2, 0.25) is 0 Å². The quantitative estimate of drug-likeness (QED) is 0.856. The van der Waals surface area contributed by atoms with Crippen LogP contribution in [0.2, 0.25) is 0 Å². The molecule has 0 saturated carbocycles. The lowest BCUT2D eigenvalue weighted by atomic mass is 10.1. The molecule has 2 rings (SSSR count). The lowest BCUT2D eigenvalue weighted by Gasteiger charge is -2.15. The van der Waals surface area contributed by atoms with E-state index in [4.69, 9.17) is 4.42 Å². The van der Waals surface area contributed by atoms with Crippen LogP contribution in [0.25, 0.3) is 0 Å². The first-order chi connectivity index (χ1) is 7.16. The van der Waals surface area contributed by atoms with E-state index < -0.39 is 0 Å². The van der Waals surface area contributed by atoms with Crippen molar-refractivity contribution in [2.45, 2.75) is 25.8 Å². The molecular weight excluding hydrogens is 208 g/mol. The Hall–Kier alpha value is -0.900. The highest BCUT2D eigenvalue weighted by Gasteiger charge is 2.26. The van der Waals surface area contributed by atoms with Crippen molar-refractivity contribution in [1.82, 2.24) is 5.32 Å². The Bertz CT molecular complexity index is 343. The number of hydrogen-bond acceptors (Lipinski definition) is 3. The molecule has 0 radical (unpaired) electrons. The number of nitrogens with zero attached hydrogens (tertiary/aromatic N) is 1. The lowest BCUT2D eigenvalue weighted by molar-refractivity contribution is 0.510. The molecule has 0 unspecified atom stereocenters. The van der Waals surface area contributed by atoms with Crippen LogP contribution in [-0.4, -0.2) is 23.0 Å². The first kappa shape index (κ1) is 10.6. The van der Waals surface area contributed by atoms with E-state index >= 15 is 0 Å². The van der Waals surface area contributed by atoms with E-state index in [2.05, 4.69) is 24.2 Å². The second-order valence-electron chi connectivity index (χ2n) is 4.31. The summed E-state index contributed by atoms with van der Waals surface area (Å²) in [5.41, 5.74) is 0.189. The molecule has 0 bridgehead atoms. The molecule has 0 atom stereocenters. The fraction of sp³-hybridized carbons (Fsp3) is 0.545. The zero-order chi connectivity index (χ0) is 10.7. The van der Waals surface area contributed by atoms with Crippen molar-refractivity contribution in [3.05, 3.63) is 24.2 Å². The van der Waals surface area contributed by atoms with Crippen LogP contribution in [0.4, 0.5) is 0 Å². The highest BCUT2D eigenvalue weighted by Crippen LogP contribution is 2.21. The van der Waals surface area contributed by atoms with Gasteiger partial charge in [0, 0.05) is 24.3 Å². The van der Waals surface area contributed by atoms with Gasteiger partial charge in [0.25, 0.3) is 0 Å². The molecule has 1 aliphatic heterocycles. The van der Waals surface area contributed by atoms with Gasteiger partial charge in [0.05, 0.1) is 6.26 Å². The Morgan fingerprint density at radius 2 is 2.47 bits per heavy atom. The molecule has 82 valence electrons. The Morgan fingerprint density at radius 1 is 1.60 bits per heavy atom. The van der Waals surface area contributed by atoms with Crippen molar-refractivity contribution in [2.75, 3.05) is 12.3 Å². The second-order valence-corrected chi connectivity index (χ2v) is 5.28. The monoisotopic (exact) mass is 224 g/mol. The molecule has 3 nitrogen and oxygen atoms in total. The molecule has 1 fully saturated rings. The van der Waals surface area contributed by atoms with E-state index in [0.29, 0.717) is 0 Å². The smallest absolute Gasteiger partial charge is 0.157 e. The van der Waals surface area contributed by atoms with Crippen molar-refractivity contribution in [3.8, 4) is 0 Å². The molecule has 0 spiro atoms. The minimum absolute atomic E-state index is 0.189. The average Bonchev–Trinajstić information content (AvgIpc) is 2.76. The van der Waals surface area contributed by atoms with E-state index in [1.807, 2.05) is 12.1 Å². The third kappa shape index (κ3) is 3.02. The van der Waals surface area contributed by atoms with Crippen LogP contribution in [0.5, 0.6) is 0 Å². The molecule has 1 saturated heterocycles. The molecule has 0 amide bonds. The first-order valence-corrected chi connectivity index (χ1v) is 6.12. The summed E-state index contributed by atoms with van der Waals surface area (Å²) in [5, 5.41) is 4.45. The highest BCUT2D eigenvalue weighted by molar-refractivity contribution is 8.14. The van der Waals surface area contributed by atoms with Gasteiger partial charge in [-0.2, -0.15) is 0 Å². The third-order valence-electron chi connectivity index (χ3n) is 2.21. The third-order valence-corrected chi connectivity index (χ3v) is 3.58. The van der Waals surface area contributed by atoms with Gasteiger partial charge in [0.1, 0.15) is 5.76 Å². The highest BCUT2D eigenvalue weighted by atomic mass is 32.2. The van der Waals surface area contributed by atoms with Gasteiger partial charge in [-0.3, -0.25) is 4.99 Å². The molecular formula is C11H16N2OS. The second kappa shape index (κ2) is 4.31. The van der Waals surface area contributed by atoms with Gasteiger partial charge in [0.15, 0.2) is 5.17 Å². The first-order valence-electron chi connectivity index (χ1n) is 5.13. The minimum Gasteiger partial charge on any atom is -0.469 e. The number of rotatable bonds is 3. The number of hydrogen-bond donors (Lipinski definition) is 1. The summed E-state index contributed by atoms with van der Waals surface area (Å²) in [5.74, 6) is 2.09. The fourth-order valence-electron chi connectivity index (χ4n) is 1.42. The SMILES string of the molecule is CC1(C)CSC(=NCCc2ccco2)N1. The maximum atomic E-state index is 5.24. The average molecular weight is 224 g/mol. The van der Waals surface area contributed by atoms with E-state index in [1.165, 1.54) is 0 Å². The van der Waals surface area contributed by atoms with Crippen LogP contribution in [-0.2, 0) is 6.42 Å². The Balaban J connectivity index is 1.80. The molecule has 0 aromatic carbocycles. The standard InChI is InChI=1S/C11H16N2OS/c1-11(2)8-15-10(13-11)12-6-5-9-4-3-7-14-9/h3-4,7H,5-6,8H2,1-2H3,(H,12,13). The predicted octanol–water partition coefficient (Wildman–Crippen LogP) is 2.29. The Morgan fingerprint density at radius 3 is 3.07 bits per heavy atom. The summed E-state index contributed by atoms with van der Waals surface area (Å²) in [7, 11) is 0. The van der Waals surface area contributed by atoms with E-state index in [9.17, 15) is 0 Å². The number of aliphatic imine (C=N–C) groups is 1. The minimum atomic E-state index is 0.189. The summed E-state index contributed by atoms with van der Waals surface area (Å²) in [6.07, 6.45) is 2.58. The molecule has 1 N–H and O–H groups in total. The number of amidine groups is 1. The van der Waals surface area contributed by atoms with Crippen LogP contribution in [0, 0.1) is 0 Å². The summed E-state index contributed by atoms with van der Waals surface area (Å²) in [4.78, 5) is 4.50. The molecule has 0 aliphatic carbocycles. The van der Waals surface area contributed by atoms with Crippen LogP contribution < -0.4 is 5.32 Å². The van der Waals surface area contributed by atoms with Crippen molar-refractivity contribution in [1.29, 1.82) is 0 Å². The fourth-order valence-corrected chi connectivity index (χ4v) is 2.52. The maximum Gasteiger partial charge on any atom is 0.157 e. The lowest BCUT2D eigenvalue weighted by Crippen LogP contribution is -2.36. The van der Waals surface area contributed by atoms with E-state index in [1.54, 1.807) is 18.0 Å². The van der Waals surface area contributed by atoms with E-state index in [-0.39, 0.29) is 5.54 Å². The maximum absolute atomic E-state index is 5.24. The number of nitrogens with one attached hydrogen (secondary N) is 1. The molecule has 1 aromatic heterocycles. The van der Waals surface area contributed by atoms with Gasteiger partial charge < -0.3 is 9.73 Å². The van der Waals surface area contributed by atoms with Gasteiger partial charge in [-0.1, -0.05) is 11.8 Å². The normalized spacial score (nSPS) is 21.9. The summed E-state index contributed by atoms with van der Waals surface area (Å²) in [6, 6.07) is 3.90. The molecule has 2 heterocycles. The zero-order valence-electron chi connectivity index (χ0n) is 9.12.